The Bertz CT molecular complexity index is 474. The second-order valence-corrected chi connectivity index (χ2v) is 6.18. The molecule has 2 nitrogen and oxygen atoms in total. The van der Waals surface area contributed by atoms with Crippen LogP contribution in [0.15, 0.2) is 24.3 Å². The second kappa shape index (κ2) is 5.09. The highest BCUT2D eigenvalue weighted by molar-refractivity contribution is 6.00. The van der Waals surface area contributed by atoms with Gasteiger partial charge >= 0.3 is 0 Å². The lowest BCUT2D eigenvalue weighted by molar-refractivity contribution is 0.0940. The average Bonchev–Trinajstić information content (AvgIpc) is 3.13. The average molecular weight is 257 g/mol. The number of carbonyl (C=O) groups excluding carboxylic acids is 1. The molecule has 0 bridgehead atoms. The molecule has 0 aromatic heterocycles. The van der Waals surface area contributed by atoms with Gasteiger partial charge in [-0.05, 0) is 55.8 Å². The number of nitrogens with one attached hydrogen (secondary N) is 1. The number of carbonyl (C=O) groups is 1. The molecule has 1 aliphatic carbocycles. The largest absolute Gasteiger partial charge is 0.317 e. The van der Waals surface area contributed by atoms with Crippen molar-refractivity contribution in [2.24, 2.45) is 11.3 Å². The van der Waals surface area contributed by atoms with Crippen LogP contribution in [0.5, 0.6) is 0 Å². The molecular weight excluding hydrogens is 234 g/mol. The number of Topliss-reactive ketones (excluding diaryl/α,β-unsaturated/α-hetero) is 1. The van der Waals surface area contributed by atoms with Crippen LogP contribution in [0.2, 0.25) is 0 Å². The summed E-state index contributed by atoms with van der Waals surface area (Å²) >= 11 is 0. The Morgan fingerprint density at radius 3 is 2.89 bits per heavy atom. The van der Waals surface area contributed by atoms with Gasteiger partial charge in [0.15, 0.2) is 5.78 Å². The van der Waals surface area contributed by atoms with Crippen LogP contribution in [-0.2, 0) is 6.42 Å². The van der Waals surface area contributed by atoms with Crippen molar-refractivity contribution < 1.29 is 4.79 Å². The fourth-order valence-corrected chi connectivity index (χ4v) is 3.57. The lowest BCUT2D eigenvalue weighted by atomic mass is 9.89. The molecule has 1 heterocycles. The zero-order valence-electron chi connectivity index (χ0n) is 11.7. The Morgan fingerprint density at radius 1 is 1.37 bits per heavy atom. The number of hydrogen-bond acceptors (Lipinski definition) is 2. The van der Waals surface area contributed by atoms with Gasteiger partial charge in [0.25, 0.3) is 0 Å². The number of ketones is 1. The van der Waals surface area contributed by atoms with Gasteiger partial charge in [0, 0.05) is 11.5 Å². The van der Waals surface area contributed by atoms with E-state index in [1.165, 1.54) is 18.4 Å². The summed E-state index contributed by atoms with van der Waals surface area (Å²) in [5.74, 6) is 0.686. The van der Waals surface area contributed by atoms with Crippen LogP contribution in [0.25, 0.3) is 0 Å². The highest BCUT2D eigenvalue weighted by Crippen LogP contribution is 2.59. The standard InChI is InChI=1S/C17H23NO/c1-2-4-13-5-3-6-14(11-13)16(19)15-12-17(15)7-9-18-10-8-17/h3,5-6,11,15,18H,2,4,7-10,12H2,1H3. The van der Waals surface area contributed by atoms with E-state index in [1.807, 2.05) is 12.1 Å². The molecule has 2 heteroatoms. The molecule has 2 fully saturated rings. The molecule has 1 aliphatic heterocycles. The molecule has 1 aromatic rings. The highest BCUT2D eigenvalue weighted by atomic mass is 16.1. The van der Waals surface area contributed by atoms with Crippen LogP contribution in [0.3, 0.4) is 0 Å². The molecule has 3 rings (SSSR count). The molecular formula is C17H23NO. The number of piperidine rings is 1. The van der Waals surface area contributed by atoms with Gasteiger partial charge in [-0.3, -0.25) is 4.79 Å². The van der Waals surface area contributed by atoms with Gasteiger partial charge in [0.1, 0.15) is 0 Å². The van der Waals surface area contributed by atoms with Crippen LogP contribution in [-0.4, -0.2) is 18.9 Å². The maximum atomic E-state index is 12.6. The Labute approximate surface area is 115 Å². The van der Waals surface area contributed by atoms with Crippen LogP contribution in [0.4, 0.5) is 0 Å². The van der Waals surface area contributed by atoms with E-state index >= 15 is 0 Å². The molecule has 1 spiro atoms. The van der Waals surface area contributed by atoms with Crippen molar-refractivity contribution in [3.8, 4) is 0 Å². The van der Waals surface area contributed by atoms with E-state index < -0.39 is 0 Å². The smallest absolute Gasteiger partial charge is 0.166 e. The first-order chi connectivity index (χ1) is 9.25. The molecule has 1 saturated heterocycles. The minimum atomic E-state index is 0.298. The summed E-state index contributed by atoms with van der Waals surface area (Å²) in [6.07, 6.45) is 5.68. The molecule has 19 heavy (non-hydrogen) atoms. The molecule has 1 saturated carbocycles. The fourth-order valence-electron chi connectivity index (χ4n) is 3.57. The van der Waals surface area contributed by atoms with Gasteiger partial charge in [-0.15, -0.1) is 0 Å². The van der Waals surface area contributed by atoms with Crippen LogP contribution < -0.4 is 5.32 Å². The molecule has 102 valence electrons. The number of hydrogen-bond donors (Lipinski definition) is 1. The van der Waals surface area contributed by atoms with Crippen LogP contribution >= 0.6 is 0 Å². The Kier molecular flexibility index (Phi) is 3.44. The first-order valence-electron chi connectivity index (χ1n) is 7.59. The third-order valence-corrected chi connectivity index (χ3v) is 4.86. The van der Waals surface area contributed by atoms with E-state index in [1.54, 1.807) is 0 Å². The molecule has 2 aliphatic rings. The monoisotopic (exact) mass is 257 g/mol. The van der Waals surface area contributed by atoms with E-state index in [4.69, 9.17) is 0 Å². The van der Waals surface area contributed by atoms with Crippen molar-refractivity contribution in [1.82, 2.24) is 5.32 Å². The van der Waals surface area contributed by atoms with Crippen molar-refractivity contribution in [3.05, 3.63) is 35.4 Å². The quantitative estimate of drug-likeness (QED) is 0.839. The summed E-state index contributed by atoms with van der Waals surface area (Å²) < 4.78 is 0. The summed E-state index contributed by atoms with van der Waals surface area (Å²) in [7, 11) is 0. The van der Waals surface area contributed by atoms with Gasteiger partial charge in [-0.1, -0.05) is 31.5 Å². The van der Waals surface area contributed by atoms with Crippen molar-refractivity contribution in [3.63, 3.8) is 0 Å². The summed E-state index contributed by atoms with van der Waals surface area (Å²) in [6.45, 7) is 4.35. The fraction of sp³-hybridized carbons (Fsp3) is 0.588. The summed E-state index contributed by atoms with van der Waals surface area (Å²) in [6, 6.07) is 8.27. The van der Waals surface area contributed by atoms with Gasteiger partial charge < -0.3 is 5.32 Å². The predicted molar refractivity (Wildman–Crippen MR) is 77.4 cm³/mol. The third-order valence-electron chi connectivity index (χ3n) is 4.86. The van der Waals surface area contributed by atoms with E-state index in [0.29, 0.717) is 17.1 Å². The van der Waals surface area contributed by atoms with E-state index in [9.17, 15) is 4.79 Å². The van der Waals surface area contributed by atoms with Crippen molar-refractivity contribution in [2.75, 3.05) is 13.1 Å². The lowest BCUT2D eigenvalue weighted by Gasteiger charge is -2.23. The third kappa shape index (κ3) is 2.46. The minimum Gasteiger partial charge on any atom is -0.317 e. The summed E-state index contributed by atoms with van der Waals surface area (Å²) in [5, 5.41) is 3.39. The number of aryl methyl sites for hydroxylation is 1. The van der Waals surface area contributed by atoms with E-state index in [-0.39, 0.29) is 0 Å². The molecule has 1 unspecified atom stereocenters. The summed E-state index contributed by atoms with van der Waals surface area (Å²) in [5.41, 5.74) is 2.59. The normalized spacial score (nSPS) is 24.4. The lowest BCUT2D eigenvalue weighted by Crippen LogP contribution is -2.30. The Hall–Kier alpha value is -1.15. The zero-order valence-corrected chi connectivity index (χ0v) is 11.7. The zero-order chi connectivity index (χ0) is 13.3. The predicted octanol–water partition coefficient (Wildman–Crippen LogP) is 3.21. The first kappa shape index (κ1) is 12.9. The van der Waals surface area contributed by atoms with Gasteiger partial charge in [-0.2, -0.15) is 0 Å². The molecule has 0 radical (unpaired) electrons. The summed E-state index contributed by atoms with van der Waals surface area (Å²) in [4.78, 5) is 12.6. The van der Waals surface area contributed by atoms with Gasteiger partial charge in [-0.25, -0.2) is 0 Å². The van der Waals surface area contributed by atoms with Crippen molar-refractivity contribution in [2.45, 2.75) is 39.0 Å². The van der Waals surface area contributed by atoms with Crippen molar-refractivity contribution >= 4 is 5.78 Å². The maximum Gasteiger partial charge on any atom is 0.166 e. The first-order valence-corrected chi connectivity index (χ1v) is 7.59. The number of rotatable bonds is 4. The van der Waals surface area contributed by atoms with E-state index in [0.717, 1.165) is 37.9 Å². The van der Waals surface area contributed by atoms with E-state index in [2.05, 4.69) is 24.4 Å². The van der Waals surface area contributed by atoms with Gasteiger partial charge in [0.05, 0.1) is 0 Å². The molecule has 1 N–H and O–H groups in total. The topological polar surface area (TPSA) is 29.1 Å². The Morgan fingerprint density at radius 2 is 2.16 bits per heavy atom. The Balaban J connectivity index is 1.72. The molecule has 1 atom stereocenters. The maximum absolute atomic E-state index is 12.6. The molecule has 0 amide bonds. The second-order valence-electron chi connectivity index (χ2n) is 6.18. The SMILES string of the molecule is CCCc1cccc(C(=O)C2CC23CCNCC3)c1. The number of benzene rings is 1. The van der Waals surface area contributed by atoms with Crippen LogP contribution in [0.1, 0.15) is 48.5 Å². The van der Waals surface area contributed by atoms with Gasteiger partial charge in [0.2, 0.25) is 0 Å². The highest BCUT2D eigenvalue weighted by Gasteiger charge is 2.57. The molecule has 1 aromatic carbocycles. The minimum absolute atomic E-state index is 0.298. The van der Waals surface area contributed by atoms with Crippen LogP contribution in [0, 0.1) is 11.3 Å². The van der Waals surface area contributed by atoms with Crippen molar-refractivity contribution in [1.29, 1.82) is 0 Å².